The van der Waals surface area contributed by atoms with Gasteiger partial charge in [-0.1, -0.05) is 54.6 Å². The monoisotopic (exact) mass is 586 g/mol. The van der Waals surface area contributed by atoms with E-state index in [1.807, 2.05) is 65.7 Å². The summed E-state index contributed by atoms with van der Waals surface area (Å²) in [5.74, 6) is -0.967. The van der Waals surface area contributed by atoms with Crippen molar-refractivity contribution >= 4 is 29.2 Å². The number of carbonyl (C=O) groups is 3. The van der Waals surface area contributed by atoms with Gasteiger partial charge < -0.3 is 24.4 Å². The van der Waals surface area contributed by atoms with Crippen LogP contribution in [0.15, 0.2) is 97.2 Å². The van der Waals surface area contributed by atoms with Crippen LogP contribution < -0.4 is 19.5 Å². The van der Waals surface area contributed by atoms with Gasteiger partial charge in [0.1, 0.15) is 28.7 Å². The molecule has 4 atom stereocenters. The van der Waals surface area contributed by atoms with Gasteiger partial charge in [0.15, 0.2) is 11.6 Å². The van der Waals surface area contributed by atoms with Crippen molar-refractivity contribution in [1.82, 2.24) is 4.90 Å². The maximum atomic E-state index is 15.1. The van der Waals surface area contributed by atoms with E-state index in [0.29, 0.717) is 34.1 Å². The zero-order chi connectivity index (χ0) is 30.6. The average molecular weight is 587 g/mol. The van der Waals surface area contributed by atoms with E-state index < -0.39 is 23.4 Å². The number of methoxy groups -OCH3 is 3. The number of amides is 1. The summed E-state index contributed by atoms with van der Waals surface area (Å²) in [5, 5.41) is 3.07. The third kappa shape index (κ3) is 3.73. The minimum atomic E-state index is -1.45. The van der Waals surface area contributed by atoms with Crippen molar-refractivity contribution in [2.24, 2.45) is 5.92 Å². The summed E-state index contributed by atoms with van der Waals surface area (Å²) < 4.78 is 16.7. The van der Waals surface area contributed by atoms with Gasteiger partial charge in [0, 0.05) is 18.0 Å². The second-order valence-electron chi connectivity index (χ2n) is 11.1. The van der Waals surface area contributed by atoms with Crippen LogP contribution in [0.1, 0.15) is 43.4 Å². The van der Waals surface area contributed by atoms with Gasteiger partial charge in [0.25, 0.3) is 0 Å². The fourth-order valence-electron chi connectivity index (χ4n) is 7.34. The number of para-hydroxylation sites is 2. The van der Waals surface area contributed by atoms with Gasteiger partial charge in [-0.05, 0) is 53.1 Å². The van der Waals surface area contributed by atoms with Gasteiger partial charge in [-0.25, -0.2) is 0 Å². The first-order valence-electron chi connectivity index (χ1n) is 14.3. The van der Waals surface area contributed by atoms with E-state index >= 15 is 4.79 Å². The van der Waals surface area contributed by atoms with Crippen LogP contribution in [0, 0.1) is 5.92 Å². The van der Waals surface area contributed by atoms with Crippen molar-refractivity contribution in [3.8, 4) is 17.2 Å². The lowest BCUT2D eigenvalue weighted by Crippen LogP contribution is -2.49. The molecule has 0 radical (unpaired) electrons. The molecular formula is C36H30N2O6. The van der Waals surface area contributed by atoms with Crippen LogP contribution in [-0.4, -0.2) is 49.7 Å². The summed E-state index contributed by atoms with van der Waals surface area (Å²) in [4.78, 5) is 46.6. The highest BCUT2D eigenvalue weighted by atomic mass is 16.5. The number of ether oxygens (including phenoxy) is 3. The molecule has 0 unspecified atom stereocenters. The zero-order valence-corrected chi connectivity index (χ0v) is 24.4. The maximum Gasteiger partial charge on any atom is 0.238 e. The first kappa shape index (κ1) is 27.5. The van der Waals surface area contributed by atoms with Gasteiger partial charge in [0.05, 0.1) is 44.4 Å². The Morgan fingerprint density at radius 3 is 2.27 bits per heavy atom. The molecule has 44 heavy (non-hydrogen) atoms. The number of benzene rings is 4. The molecule has 0 aliphatic carbocycles. The van der Waals surface area contributed by atoms with Gasteiger partial charge in [0.2, 0.25) is 5.91 Å². The van der Waals surface area contributed by atoms with Crippen molar-refractivity contribution < 1.29 is 28.6 Å². The number of fused-ring (bicyclic) bond motifs is 6. The minimum Gasteiger partial charge on any atom is -0.497 e. The molecule has 1 saturated heterocycles. The fourth-order valence-corrected chi connectivity index (χ4v) is 7.34. The van der Waals surface area contributed by atoms with Crippen LogP contribution in [-0.2, 0) is 10.2 Å². The molecule has 1 N–H and O–H groups in total. The second-order valence-corrected chi connectivity index (χ2v) is 11.1. The molecule has 220 valence electrons. The smallest absolute Gasteiger partial charge is 0.238 e. The number of hydrogen-bond acceptors (Lipinski definition) is 7. The molecule has 8 heteroatoms. The Hall–Kier alpha value is -5.37. The first-order valence-corrected chi connectivity index (χ1v) is 14.3. The number of carbonyl (C=O) groups excluding carboxylic acids is 3. The Kier molecular flexibility index (Phi) is 6.50. The summed E-state index contributed by atoms with van der Waals surface area (Å²) in [6.45, 7) is 0. The van der Waals surface area contributed by atoms with Crippen LogP contribution in [0.4, 0.5) is 5.69 Å². The molecule has 0 aromatic heterocycles. The molecule has 7 rings (SSSR count). The number of ketones is 2. The Labute approximate surface area is 254 Å². The number of Topliss-reactive ketones (excluding diaryl/α,β-unsaturated/α-hetero) is 2. The molecule has 3 aliphatic heterocycles. The molecule has 1 fully saturated rings. The van der Waals surface area contributed by atoms with E-state index in [4.69, 9.17) is 14.2 Å². The van der Waals surface area contributed by atoms with E-state index in [-0.39, 0.29) is 23.0 Å². The second kappa shape index (κ2) is 10.4. The Bertz CT molecular complexity index is 1870. The Morgan fingerprint density at radius 2 is 1.48 bits per heavy atom. The lowest BCUT2D eigenvalue weighted by molar-refractivity contribution is -0.122. The van der Waals surface area contributed by atoms with E-state index in [2.05, 4.69) is 5.32 Å². The van der Waals surface area contributed by atoms with Crippen molar-refractivity contribution in [3.05, 3.63) is 125 Å². The van der Waals surface area contributed by atoms with E-state index in [9.17, 15) is 9.59 Å². The predicted molar refractivity (Wildman–Crippen MR) is 165 cm³/mol. The summed E-state index contributed by atoms with van der Waals surface area (Å²) in [7, 11) is 4.52. The highest BCUT2D eigenvalue weighted by Crippen LogP contribution is 2.62. The minimum absolute atomic E-state index is 0.283. The van der Waals surface area contributed by atoms with Gasteiger partial charge >= 0.3 is 0 Å². The molecule has 4 aromatic rings. The lowest BCUT2D eigenvalue weighted by Gasteiger charge is -2.38. The summed E-state index contributed by atoms with van der Waals surface area (Å²) in [5.41, 5.74) is 2.21. The molecule has 0 saturated carbocycles. The van der Waals surface area contributed by atoms with Crippen LogP contribution in [0.25, 0.3) is 6.08 Å². The SMILES string of the molecule is COc1ccc(C(=O)[C@@H]2[C@H](C(=O)c3ccccc3OC)[C@]3(C(=O)Nc4ccccc43)[C@@H]3c4ccccc4C=CN23)c(OC)c1. The van der Waals surface area contributed by atoms with Gasteiger partial charge in [-0.3, -0.25) is 14.4 Å². The number of nitrogens with zero attached hydrogens (tertiary/aromatic N) is 1. The fraction of sp³-hybridized carbons (Fsp3) is 0.194. The predicted octanol–water partition coefficient (Wildman–Crippen LogP) is 5.69. The van der Waals surface area contributed by atoms with Crippen molar-refractivity contribution in [2.45, 2.75) is 17.5 Å². The molecule has 1 amide bonds. The standard InChI is InChI=1S/C36H30N2O6/c1-42-22-16-17-25(29(20-22)44-3)33(40)31-30(32(39)24-12-6-9-15-28(24)43-2)36(26-13-7-8-14-27(26)37-35(36)41)34-23-11-5-4-10-21(23)18-19-38(31)34/h4-20,30-31,34H,1-3H3,(H,37,41)/t30-,31+,34+,36+/m1/s1. The van der Waals surface area contributed by atoms with Crippen LogP contribution in [0.2, 0.25) is 0 Å². The van der Waals surface area contributed by atoms with Gasteiger partial charge in [-0.2, -0.15) is 0 Å². The topological polar surface area (TPSA) is 94.2 Å². The van der Waals surface area contributed by atoms with Crippen LogP contribution in [0.3, 0.4) is 0 Å². The van der Waals surface area contributed by atoms with Crippen LogP contribution in [0.5, 0.6) is 17.2 Å². The third-order valence-corrected chi connectivity index (χ3v) is 9.17. The number of anilines is 1. The van der Waals surface area contributed by atoms with Crippen molar-refractivity contribution in [2.75, 3.05) is 26.6 Å². The van der Waals surface area contributed by atoms with E-state index in [1.165, 1.54) is 21.3 Å². The zero-order valence-electron chi connectivity index (χ0n) is 24.4. The highest BCUT2D eigenvalue weighted by Gasteiger charge is 2.71. The third-order valence-electron chi connectivity index (χ3n) is 9.17. The van der Waals surface area contributed by atoms with Crippen molar-refractivity contribution in [3.63, 3.8) is 0 Å². The first-order chi connectivity index (χ1) is 21.4. The molecule has 1 spiro atoms. The maximum absolute atomic E-state index is 15.1. The number of rotatable bonds is 7. The van der Waals surface area contributed by atoms with Crippen LogP contribution >= 0.6 is 0 Å². The van der Waals surface area contributed by atoms with E-state index in [1.54, 1.807) is 42.5 Å². The molecule has 3 heterocycles. The van der Waals surface area contributed by atoms with E-state index in [0.717, 1.165) is 11.1 Å². The molecule has 0 bridgehead atoms. The molecular weight excluding hydrogens is 556 g/mol. The summed E-state index contributed by atoms with van der Waals surface area (Å²) in [6.07, 6.45) is 3.77. The number of nitrogens with one attached hydrogen (secondary N) is 1. The Morgan fingerprint density at radius 1 is 0.773 bits per heavy atom. The number of hydrogen-bond donors (Lipinski definition) is 1. The van der Waals surface area contributed by atoms with Crippen molar-refractivity contribution in [1.29, 1.82) is 0 Å². The Balaban J connectivity index is 1.54. The summed E-state index contributed by atoms with van der Waals surface area (Å²) >= 11 is 0. The normalized spacial score (nSPS) is 22.6. The van der Waals surface area contributed by atoms with Gasteiger partial charge in [-0.15, -0.1) is 0 Å². The summed E-state index contributed by atoms with van der Waals surface area (Å²) in [6, 6.07) is 25.4. The largest absolute Gasteiger partial charge is 0.497 e. The lowest BCUT2D eigenvalue weighted by atomic mass is 9.62. The molecule has 4 aromatic carbocycles. The average Bonchev–Trinajstić information content (AvgIpc) is 3.55. The molecule has 3 aliphatic rings. The quantitative estimate of drug-likeness (QED) is 0.278. The molecule has 8 nitrogen and oxygen atoms in total. The highest BCUT2D eigenvalue weighted by molar-refractivity contribution is 6.17.